The van der Waals surface area contributed by atoms with Crippen molar-refractivity contribution in [2.45, 2.75) is 38.1 Å². The number of Topliss-reactive ketones (excluding diaryl/α,β-unsaturated/α-hetero) is 1. The number of halogens is 1. The van der Waals surface area contributed by atoms with Crippen LogP contribution in [0.5, 0.6) is 0 Å². The van der Waals surface area contributed by atoms with Crippen molar-refractivity contribution < 1.29 is 43.2 Å². The molecule has 0 bridgehead atoms. The highest BCUT2D eigenvalue weighted by atomic mass is 79.9. The highest BCUT2D eigenvalue weighted by Gasteiger charge is 2.19. The van der Waals surface area contributed by atoms with Crippen LogP contribution in [-0.4, -0.2) is 99.9 Å². The zero-order valence-electron chi connectivity index (χ0n) is 18.6. The van der Waals surface area contributed by atoms with Gasteiger partial charge in [0.25, 0.3) is 0 Å². The number of nitrogens with one attached hydrogen (secondary N) is 2. The zero-order valence-corrected chi connectivity index (χ0v) is 20.2. The largest absolute Gasteiger partial charge is 0.480 e. The minimum atomic E-state index is -1.12. The van der Waals surface area contributed by atoms with E-state index in [4.69, 9.17) is 18.9 Å². The van der Waals surface area contributed by atoms with Crippen LogP contribution in [0.25, 0.3) is 0 Å². The molecule has 0 aromatic carbocycles. The van der Waals surface area contributed by atoms with Gasteiger partial charge in [-0.25, -0.2) is 4.79 Å². The maximum atomic E-state index is 11.9. The Labute approximate surface area is 197 Å². The molecule has 0 aromatic rings. The maximum absolute atomic E-state index is 11.9. The summed E-state index contributed by atoms with van der Waals surface area (Å²) < 4.78 is 20.5. The molecule has 0 aliphatic rings. The number of hydrogen-bond donors (Lipinski definition) is 3. The summed E-state index contributed by atoms with van der Waals surface area (Å²) in [7, 11) is 1.56. The summed E-state index contributed by atoms with van der Waals surface area (Å²) in [5.41, 5.74) is 0. The van der Waals surface area contributed by atoms with Crippen LogP contribution < -0.4 is 10.6 Å². The second kappa shape index (κ2) is 21.3. The lowest BCUT2D eigenvalue weighted by Gasteiger charge is -2.14. The van der Waals surface area contributed by atoms with E-state index in [1.165, 1.54) is 0 Å². The number of ketones is 1. The number of rotatable bonds is 22. The van der Waals surface area contributed by atoms with E-state index >= 15 is 0 Å². The van der Waals surface area contributed by atoms with E-state index in [-0.39, 0.29) is 49.9 Å². The molecule has 12 heteroatoms. The third-order valence-electron chi connectivity index (χ3n) is 4.04. The second-order valence-corrected chi connectivity index (χ2v) is 7.35. The van der Waals surface area contributed by atoms with Crippen LogP contribution in [0, 0.1) is 0 Å². The Balaban J connectivity index is 3.71. The van der Waals surface area contributed by atoms with E-state index in [0.717, 1.165) is 0 Å². The van der Waals surface area contributed by atoms with Gasteiger partial charge in [0, 0.05) is 26.7 Å². The molecule has 0 heterocycles. The SMILES string of the molecule is COCCOCC(=O)CCCOCCOCC(=O)N[C@@H](CCCCNC(=O)CBr)C(=O)O. The molecule has 0 aliphatic heterocycles. The quantitative estimate of drug-likeness (QED) is 0.133. The molecule has 0 rings (SSSR count). The first-order valence-electron chi connectivity index (χ1n) is 10.5. The average Bonchev–Trinajstić information content (AvgIpc) is 2.77. The molecule has 0 unspecified atom stereocenters. The second-order valence-electron chi connectivity index (χ2n) is 6.79. The fraction of sp³-hybridized carbons (Fsp3) is 0.800. The molecule has 11 nitrogen and oxygen atoms in total. The first-order chi connectivity index (χ1) is 15.4. The summed E-state index contributed by atoms with van der Waals surface area (Å²) in [4.78, 5) is 45.8. The smallest absolute Gasteiger partial charge is 0.326 e. The van der Waals surface area contributed by atoms with E-state index in [1.54, 1.807) is 7.11 Å². The molecule has 2 amide bonds. The fourth-order valence-corrected chi connectivity index (χ4v) is 2.60. The molecule has 0 aromatic heterocycles. The van der Waals surface area contributed by atoms with Crippen LogP contribution in [-0.2, 0) is 38.1 Å². The first kappa shape index (κ1) is 30.4. The van der Waals surface area contributed by atoms with E-state index in [1.807, 2.05) is 0 Å². The summed E-state index contributed by atoms with van der Waals surface area (Å²) in [6.45, 7) is 1.89. The van der Waals surface area contributed by atoms with Crippen molar-refractivity contribution >= 4 is 39.5 Å². The van der Waals surface area contributed by atoms with Crippen LogP contribution in [0.15, 0.2) is 0 Å². The van der Waals surface area contributed by atoms with E-state index in [0.29, 0.717) is 52.0 Å². The summed E-state index contributed by atoms with van der Waals surface area (Å²) in [5.74, 6) is -1.78. The minimum absolute atomic E-state index is 0.00528. The molecule has 0 radical (unpaired) electrons. The molecule has 3 N–H and O–H groups in total. The number of ether oxygens (including phenoxy) is 4. The molecule has 0 spiro atoms. The van der Waals surface area contributed by atoms with Gasteiger partial charge in [0.1, 0.15) is 19.3 Å². The number of unbranched alkanes of at least 4 members (excludes halogenated alkanes) is 1. The van der Waals surface area contributed by atoms with Crippen molar-refractivity contribution in [2.75, 3.05) is 65.2 Å². The predicted octanol–water partition coefficient (Wildman–Crippen LogP) is 0.283. The Hall–Kier alpha value is -1.60. The zero-order chi connectivity index (χ0) is 24.0. The maximum Gasteiger partial charge on any atom is 0.326 e. The van der Waals surface area contributed by atoms with Crippen LogP contribution >= 0.6 is 15.9 Å². The Bertz CT molecular complexity index is 549. The number of carbonyl (C=O) groups is 4. The van der Waals surface area contributed by atoms with E-state index < -0.39 is 17.9 Å². The van der Waals surface area contributed by atoms with Gasteiger partial charge in [-0.2, -0.15) is 0 Å². The van der Waals surface area contributed by atoms with Gasteiger partial charge in [-0.15, -0.1) is 0 Å². The van der Waals surface area contributed by atoms with Crippen LogP contribution in [0.1, 0.15) is 32.1 Å². The average molecular weight is 527 g/mol. The molecule has 186 valence electrons. The molecular formula is C20H35BrN2O9. The van der Waals surface area contributed by atoms with Gasteiger partial charge in [-0.3, -0.25) is 14.4 Å². The Morgan fingerprint density at radius 3 is 2.25 bits per heavy atom. The van der Waals surface area contributed by atoms with Crippen molar-refractivity contribution in [1.29, 1.82) is 0 Å². The topological polar surface area (TPSA) is 149 Å². The van der Waals surface area contributed by atoms with Crippen LogP contribution in [0.2, 0.25) is 0 Å². The van der Waals surface area contributed by atoms with Gasteiger partial charge < -0.3 is 34.7 Å². The number of hydrogen-bond acceptors (Lipinski definition) is 8. The first-order valence-corrected chi connectivity index (χ1v) is 11.6. The molecule has 0 fully saturated rings. The summed E-state index contributed by atoms with van der Waals surface area (Å²) in [6, 6.07) is -1.01. The molecule has 32 heavy (non-hydrogen) atoms. The number of aliphatic carboxylic acids is 1. The highest BCUT2D eigenvalue weighted by Crippen LogP contribution is 2.01. The minimum Gasteiger partial charge on any atom is -0.480 e. The summed E-state index contributed by atoms with van der Waals surface area (Å²) >= 11 is 3.03. The van der Waals surface area contributed by atoms with Gasteiger partial charge in [-0.05, 0) is 25.7 Å². The number of carbonyl (C=O) groups excluding carboxylic acids is 3. The van der Waals surface area contributed by atoms with Crippen molar-refractivity contribution in [3.63, 3.8) is 0 Å². The van der Waals surface area contributed by atoms with Crippen molar-refractivity contribution in [2.24, 2.45) is 0 Å². The third-order valence-corrected chi connectivity index (χ3v) is 4.55. The molecule has 0 saturated carbocycles. The lowest BCUT2D eigenvalue weighted by atomic mass is 10.1. The van der Waals surface area contributed by atoms with Gasteiger partial charge in [0.2, 0.25) is 11.8 Å². The number of methoxy groups -OCH3 is 1. The number of amides is 2. The predicted molar refractivity (Wildman–Crippen MR) is 119 cm³/mol. The van der Waals surface area contributed by atoms with Gasteiger partial charge in [-0.1, -0.05) is 15.9 Å². The van der Waals surface area contributed by atoms with Crippen LogP contribution in [0.3, 0.4) is 0 Å². The Morgan fingerprint density at radius 1 is 0.875 bits per heavy atom. The molecule has 1 atom stereocenters. The fourth-order valence-electron chi connectivity index (χ4n) is 2.40. The highest BCUT2D eigenvalue weighted by molar-refractivity contribution is 9.09. The lowest BCUT2D eigenvalue weighted by Crippen LogP contribution is -2.42. The summed E-state index contributed by atoms with van der Waals surface area (Å²) in [5, 5.41) is 14.5. The van der Waals surface area contributed by atoms with Gasteiger partial charge in [0.15, 0.2) is 5.78 Å². The lowest BCUT2D eigenvalue weighted by molar-refractivity contribution is -0.142. The monoisotopic (exact) mass is 526 g/mol. The van der Waals surface area contributed by atoms with Gasteiger partial charge >= 0.3 is 5.97 Å². The molecule has 0 saturated heterocycles. The third kappa shape index (κ3) is 19.1. The van der Waals surface area contributed by atoms with Gasteiger partial charge in [0.05, 0.1) is 31.8 Å². The summed E-state index contributed by atoms with van der Waals surface area (Å²) in [6.07, 6.45) is 2.32. The van der Waals surface area contributed by atoms with Crippen molar-refractivity contribution in [3.8, 4) is 0 Å². The van der Waals surface area contributed by atoms with Crippen LogP contribution in [0.4, 0.5) is 0 Å². The number of carboxylic acid groups (broad SMARTS) is 1. The number of carboxylic acids is 1. The van der Waals surface area contributed by atoms with Crippen molar-refractivity contribution in [1.82, 2.24) is 10.6 Å². The van der Waals surface area contributed by atoms with E-state index in [9.17, 15) is 24.3 Å². The molecular weight excluding hydrogens is 492 g/mol. The number of alkyl halides is 1. The normalized spacial score (nSPS) is 11.7. The van der Waals surface area contributed by atoms with E-state index in [2.05, 4.69) is 26.6 Å². The Morgan fingerprint density at radius 2 is 1.56 bits per heavy atom. The standard InChI is InChI=1S/C20H35BrN2O9/c1-29-9-10-31-14-16(24)5-4-8-30-11-12-32-15-19(26)23-17(20(27)28)6-2-3-7-22-18(25)13-21/h17H,2-15H2,1H3,(H,22,25)(H,23,26)(H,27,28)/t17-/m0/s1. The Kier molecular flexibility index (Phi) is 20.2. The van der Waals surface area contributed by atoms with Crippen molar-refractivity contribution in [3.05, 3.63) is 0 Å². The molecule has 0 aliphatic carbocycles.